The second kappa shape index (κ2) is 7.62. The topological polar surface area (TPSA) is 18.5 Å². The molecule has 0 radical (unpaired) electrons. The lowest BCUT2D eigenvalue weighted by molar-refractivity contribution is 0.147. The first-order valence-electron chi connectivity index (χ1n) is 5.54. The summed E-state index contributed by atoms with van der Waals surface area (Å²) in [6, 6.07) is 11.8. The molecule has 0 heterocycles. The number of rotatable bonds is 7. The predicted octanol–water partition coefficient (Wildman–Crippen LogP) is 1.69. The molecule has 0 aliphatic rings. The van der Waals surface area contributed by atoms with Crippen LogP contribution in [0, 0.1) is 0 Å². The highest BCUT2D eigenvalue weighted by Crippen LogP contribution is 2.00. The van der Waals surface area contributed by atoms with Crippen LogP contribution in [0.2, 0.25) is 6.04 Å². The molecule has 0 saturated heterocycles. The Morgan fingerprint density at radius 1 is 1.13 bits per heavy atom. The van der Waals surface area contributed by atoms with E-state index < -0.39 is 9.04 Å². The van der Waals surface area contributed by atoms with Gasteiger partial charge in [0, 0.05) is 7.11 Å². The Morgan fingerprint density at radius 3 is 2.47 bits per heavy atom. The lowest BCUT2D eigenvalue weighted by Crippen LogP contribution is -2.34. The van der Waals surface area contributed by atoms with E-state index in [0.29, 0.717) is 6.61 Å². The van der Waals surface area contributed by atoms with Gasteiger partial charge in [-0.15, -0.1) is 0 Å². The summed E-state index contributed by atoms with van der Waals surface area (Å²) in [4.78, 5) is 0. The summed E-state index contributed by atoms with van der Waals surface area (Å²) in [5.41, 5.74) is 0. The molecule has 2 nitrogen and oxygen atoms in total. The van der Waals surface area contributed by atoms with Gasteiger partial charge in [0.25, 0.3) is 0 Å². The minimum atomic E-state index is -1.20. The molecule has 1 rings (SSSR count). The van der Waals surface area contributed by atoms with Gasteiger partial charge in [0.1, 0.15) is 0 Å². The number of methoxy groups -OCH3 is 1. The molecule has 3 heteroatoms. The zero-order chi connectivity index (χ0) is 10.9. The van der Waals surface area contributed by atoms with Gasteiger partial charge in [-0.1, -0.05) is 43.7 Å². The second-order valence-corrected chi connectivity index (χ2v) is 6.11. The maximum atomic E-state index is 5.92. The van der Waals surface area contributed by atoms with Gasteiger partial charge >= 0.3 is 0 Å². The minimum absolute atomic E-state index is 0.694. The number of hydrogen-bond acceptors (Lipinski definition) is 2. The molecule has 1 aromatic rings. The molecule has 0 aliphatic carbocycles. The van der Waals surface area contributed by atoms with Crippen LogP contribution in [-0.4, -0.2) is 29.4 Å². The molecule has 15 heavy (non-hydrogen) atoms. The first-order valence-corrected chi connectivity index (χ1v) is 7.40. The highest BCUT2D eigenvalue weighted by molar-refractivity contribution is 6.67. The van der Waals surface area contributed by atoms with Crippen molar-refractivity contribution >= 4 is 14.2 Å². The summed E-state index contributed by atoms with van der Waals surface area (Å²) < 4.78 is 10.9. The molecule has 0 N–H and O–H groups in total. The van der Waals surface area contributed by atoms with Crippen molar-refractivity contribution in [3.8, 4) is 0 Å². The lowest BCUT2D eigenvalue weighted by Gasteiger charge is -2.15. The van der Waals surface area contributed by atoms with Crippen LogP contribution >= 0.6 is 0 Å². The number of benzene rings is 1. The third-order valence-electron chi connectivity index (χ3n) is 2.33. The van der Waals surface area contributed by atoms with E-state index in [1.165, 1.54) is 17.7 Å². The van der Waals surface area contributed by atoms with E-state index in [2.05, 4.69) is 37.3 Å². The average molecular weight is 224 g/mol. The Morgan fingerprint density at radius 2 is 1.87 bits per heavy atom. The third-order valence-corrected chi connectivity index (χ3v) is 5.20. The van der Waals surface area contributed by atoms with E-state index in [1.54, 1.807) is 7.11 Å². The molecule has 1 aromatic carbocycles. The van der Waals surface area contributed by atoms with Crippen molar-refractivity contribution in [2.45, 2.75) is 19.4 Å². The number of ether oxygens (including phenoxy) is 1. The van der Waals surface area contributed by atoms with Crippen molar-refractivity contribution in [1.29, 1.82) is 0 Å². The first-order chi connectivity index (χ1) is 7.38. The van der Waals surface area contributed by atoms with Gasteiger partial charge in [-0.2, -0.15) is 0 Å². The summed E-state index contributed by atoms with van der Waals surface area (Å²) in [7, 11) is 0.507. The Labute approximate surface area is 93.9 Å². The van der Waals surface area contributed by atoms with E-state index in [0.717, 1.165) is 6.61 Å². The van der Waals surface area contributed by atoms with E-state index in [-0.39, 0.29) is 0 Å². The van der Waals surface area contributed by atoms with E-state index in [4.69, 9.17) is 9.16 Å². The lowest BCUT2D eigenvalue weighted by atomic mass is 10.4. The third kappa shape index (κ3) is 4.60. The molecule has 0 bridgehead atoms. The van der Waals surface area contributed by atoms with Crippen molar-refractivity contribution in [3.63, 3.8) is 0 Å². The first kappa shape index (κ1) is 12.4. The normalized spacial score (nSPS) is 12.7. The van der Waals surface area contributed by atoms with Crippen molar-refractivity contribution in [1.82, 2.24) is 0 Å². The fourth-order valence-electron chi connectivity index (χ4n) is 1.55. The quantitative estimate of drug-likeness (QED) is 0.518. The van der Waals surface area contributed by atoms with Gasteiger partial charge < -0.3 is 9.16 Å². The van der Waals surface area contributed by atoms with E-state index in [9.17, 15) is 0 Å². The van der Waals surface area contributed by atoms with Crippen LogP contribution < -0.4 is 5.19 Å². The van der Waals surface area contributed by atoms with Crippen LogP contribution in [0.4, 0.5) is 0 Å². The molecular formula is C12H20O2Si. The predicted molar refractivity (Wildman–Crippen MR) is 66.2 cm³/mol. The zero-order valence-corrected chi connectivity index (χ0v) is 10.8. The zero-order valence-electron chi connectivity index (χ0n) is 9.61. The van der Waals surface area contributed by atoms with Gasteiger partial charge in [0.05, 0.1) is 13.2 Å². The minimum Gasteiger partial charge on any atom is -0.413 e. The Bertz CT molecular complexity index is 251. The Hall–Kier alpha value is -0.643. The summed E-state index contributed by atoms with van der Waals surface area (Å²) in [5, 5.41) is 1.40. The Balaban J connectivity index is 2.50. The second-order valence-electron chi connectivity index (χ2n) is 3.55. The van der Waals surface area contributed by atoms with Crippen LogP contribution in [0.25, 0.3) is 0 Å². The average Bonchev–Trinajstić information content (AvgIpc) is 2.29. The molecule has 0 saturated carbocycles. The molecule has 0 fully saturated rings. The fourth-order valence-corrected chi connectivity index (χ4v) is 3.80. The summed E-state index contributed by atoms with van der Waals surface area (Å²) in [5.74, 6) is 0. The van der Waals surface area contributed by atoms with Crippen molar-refractivity contribution in [3.05, 3.63) is 30.3 Å². The molecule has 0 aliphatic heterocycles. The maximum Gasteiger partial charge on any atom is 0.208 e. The fraction of sp³-hybridized carbons (Fsp3) is 0.500. The molecular weight excluding hydrogens is 204 g/mol. The summed E-state index contributed by atoms with van der Waals surface area (Å²) in [6.07, 6.45) is 1.19. The van der Waals surface area contributed by atoms with Crippen LogP contribution in [0.3, 0.4) is 0 Å². The van der Waals surface area contributed by atoms with Gasteiger partial charge in [0.15, 0.2) is 0 Å². The van der Waals surface area contributed by atoms with Gasteiger partial charge in [-0.05, 0) is 11.2 Å². The maximum absolute atomic E-state index is 5.92. The molecule has 84 valence electrons. The van der Waals surface area contributed by atoms with E-state index in [1.807, 2.05) is 0 Å². The smallest absolute Gasteiger partial charge is 0.208 e. The van der Waals surface area contributed by atoms with Crippen LogP contribution in [-0.2, 0) is 9.16 Å². The summed E-state index contributed by atoms with van der Waals surface area (Å²) >= 11 is 0. The van der Waals surface area contributed by atoms with Gasteiger partial charge in [-0.3, -0.25) is 0 Å². The SMILES string of the molecule is CCC[SiH](OCCOC)c1ccccc1. The highest BCUT2D eigenvalue weighted by Gasteiger charge is 2.12. The standard InChI is InChI=1S/C12H20O2Si/c1-3-11-15(14-10-9-13-2)12-7-5-4-6-8-12/h4-8,15H,3,9-11H2,1-2H3. The van der Waals surface area contributed by atoms with Gasteiger partial charge in [0.2, 0.25) is 9.04 Å². The van der Waals surface area contributed by atoms with Crippen LogP contribution in [0.1, 0.15) is 13.3 Å². The van der Waals surface area contributed by atoms with Crippen molar-refractivity contribution in [2.75, 3.05) is 20.3 Å². The molecule has 1 unspecified atom stereocenters. The van der Waals surface area contributed by atoms with Crippen molar-refractivity contribution < 1.29 is 9.16 Å². The molecule has 1 atom stereocenters. The van der Waals surface area contributed by atoms with Crippen LogP contribution in [0.15, 0.2) is 30.3 Å². The molecule has 0 aromatic heterocycles. The Kier molecular flexibility index (Phi) is 6.32. The molecule has 0 amide bonds. The summed E-state index contributed by atoms with van der Waals surface area (Å²) in [6.45, 7) is 3.63. The number of hydrogen-bond donors (Lipinski definition) is 0. The largest absolute Gasteiger partial charge is 0.413 e. The van der Waals surface area contributed by atoms with Gasteiger partial charge in [-0.25, -0.2) is 0 Å². The monoisotopic (exact) mass is 224 g/mol. The highest BCUT2D eigenvalue weighted by atomic mass is 28.3. The van der Waals surface area contributed by atoms with Crippen LogP contribution in [0.5, 0.6) is 0 Å². The van der Waals surface area contributed by atoms with E-state index >= 15 is 0 Å². The molecule has 0 spiro atoms. The van der Waals surface area contributed by atoms with Crippen molar-refractivity contribution in [2.24, 2.45) is 0 Å².